The lowest BCUT2D eigenvalue weighted by Crippen LogP contribution is -2.49. The third-order valence-corrected chi connectivity index (χ3v) is 4.20. The van der Waals surface area contributed by atoms with Gasteiger partial charge in [-0.25, -0.2) is 9.18 Å². The normalized spacial score (nSPS) is 19.2. The van der Waals surface area contributed by atoms with Crippen molar-refractivity contribution in [2.75, 3.05) is 5.32 Å². The van der Waals surface area contributed by atoms with Crippen molar-refractivity contribution in [3.05, 3.63) is 64.9 Å². The van der Waals surface area contributed by atoms with Crippen molar-refractivity contribution in [2.24, 2.45) is 0 Å². The predicted octanol–water partition coefficient (Wildman–Crippen LogP) is 4.35. The highest BCUT2D eigenvalue weighted by Crippen LogP contribution is 2.27. The van der Waals surface area contributed by atoms with E-state index in [9.17, 15) is 9.18 Å². The Kier molecular flexibility index (Phi) is 5.20. The standard InChI is InChI=1S/C18H18ClFN2O2/c19-13-6-7-16(20)17(8-13)21-14-9-15(10-14)22-18(23)24-11-12-4-2-1-3-5-12/h1-8,14-15,21H,9-11H2,(H,22,23). The van der Waals surface area contributed by atoms with Crippen molar-refractivity contribution >= 4 is 23.4 Å². The zero-order chi connectivity index (χ0) is 16.9. The summed E-state index contributed by atoms with van der Waals surface area (Å²) < 4.78 is 18.8. The van der Waals surface area contributed by atoms with Crippen LogP contribution in [0.3, 0.4) is 0 Å². The van der Waals surface area contributed by atoms with E-state index >= 15 is 0 Å². The summed E-state index contributed by atoms with van der Waals surface area (Å²) >= 11 is 5.86. The van der Waals surface area contributed by atoms with Crippen LogP contribution in [0.2, 0.25) is 5.02 Å². The number of alkyl carbamates (subject to hydrolysis) is 1. The van der Waals surface area contributed by atoms with E-state index in [4.69, 9.17) is 16.3 Å². The first-order valence-corrected chi connectivity index (χ1v) is 8.17. The molecule has 4 nitrogen and oxygen atoms in total. The SMILES string of the molecule is O=C(NC1CC(Nc2cc(Cl)ccc2F)C1)OCc1ccccc1. The third-order valence-electron chi connectivity index (χ3n) is 3.96. The second-order valence-corrected chi connectivity index (χ2v) is 6.28. The topological polar surface area (TPSA) is 50.4 Å². The largest absolute Gasteiger partial charge is 0.445 e. The number of amides is 1. The summed E-state index contributed by atoms with van der Waals surface area (Å²) in [7, 11) is 0. The van der Waals surface area contributed by atoms with E-state index in [2.05, 4.69) is 10.6 Å². The molecule has 1 saturated carbocycles. The Morgan fingerprint density at radius 3 is 2.67 bits per heavy atom. The van der Waals surface area contributed by atoms with Crippen LogP contribution >= 0.6 is 11.6 Å². The minimum Gasteiger partial charge on any atom is -0.445 e. The fraction of sp³-hybridized carbons (Fsp3) is 0.278. The molecule has 2 aromatic rings. The molecule has 0 atom stereocenters. The maximum Gasteiger partial charge on any atom is 0.407 e. The first kappa shape index (κ1) is 16.6. The molecule has 2 aromatic carbocycles. The molecule has 6 heteroatoms. The highest BCUT2D eigenvalue weighted by molar-refractivity contribution is 6.30. The average Bonchev–Trinajstić information content (AvgIpc) is 2.55. The Bertz CT molecular complexity index is 705. The lowest BCUT2D eigenvalue weighted by Gasteiger charge is -2.36. The molecule has 0 aliphatic heterocycles. The van der Waals surface area contributed by atoms with Crippen LogP contribution in [-0.4, -0.2) is 18.2 Å². The quantitative estimate of drug-likeness (QED) is 0.844. The van der Waals surface area contributed by atoms with Gasteiger partial charge in [0.25, 0.3) is 0 Å². The Labute approximate surface area is 145 Å². The summed E-state index contributed by atoms with van der Waals surface area (Å²) in [5.74, 6) is -0.335. The smallest absolute Gasteiger partial charge is 0.407 e. The minimum atomic E-state index is -0.434. The molecule has 0 saturated heterocycles. The maximum absolute atomic E-state index is 13.6. The summed E-state index contributed by atoms with van der Waals surface area (Å²) in [5.41, 5.74) is 1.33. The van der Waals surface area contributed by atoms with E-state index in [0.717, 1.165) is 5.56 Å². The Hall–Kier alpha value is -2.27. The Morgan fingerprint density at radius 1 is 1.17 bits per heavy atom. The molecule has 0 heterocycles. The molecule has 2 N–H and O–H groups in total. The molecule has 126 valence electrons. The van der Waals surface area contributed by atoms with Crippen LogP contribution in [0.15, 0.2) is 48.5 Å². The molecule has 0 radical (unpaired) electrons. The third kappa shape index (κ3) is 4.38. The zero-order valence-corrected chi connectivity index (χ0v) is 13.7. The Balaban J connectivity index is 1.39. The molecule has 1 aliphatic rings. The van der Waals surface area contributed by atoms with Gasteiger partial charge in [0.2, 0.25) is 0 Å². The molecular weight excluding hydrogens is 331 g/mol. The van der Waals surface area contributed by atoms with Crippen molar-refractivity contribution in [3.63, 3.8) is 0 Å². The van der Waals surface area contributed by atoms with E-state index in [1.165, 1.54) is 12.1 Å². The van der Waals surface area contributed by atoms with Crippen molar-refractivity contribution in [3.8, 4) is 0 Å². The fourth-order valence-corrected chi connectivity index (χ4v) is 2.79. The fourth-order valence-electron chi connectivity index (χ4n) is 2.61. The van der Waals surface area contributed by atoms with Crippen LogP contribution in [-0.2, 0) is 11.3 Å². The second-order valence-electron chi connectivity index (χ2n) is 5.84. The summed E-state index contributed by atoms with van der Waals surface area (Å²) in [4.78, 5) is 11.8. The Morgan fingerprint density at radius 2 is 1.92 bits per heavy atom. The number of halogens is 2. The summed E-state index contributed by atoms with van der Waals surface area (Å²) in [6.45, 7) is 0.245. The van der Waals surface area contributed by atoms with E-state index in [1.54, 1.807) is 6.07 Å². The molecule has 1 fully saturated rings. The summed E-state index contributed by atoms with van der Waals surface area (Å²) in [5, 5.41) is 6.39. The number of nitrogens with one attached hydrogen (secondary N) is 2. The van der Waals surface area contributed by atoms with Crippen LogP contribution in [0.5, 0.6) is 0 Å². The van der Waals surface area contributed by atoms with Crippen LogP contribution < -0.4 is 10.6 Å². The van der Waals surface area contributed by atoms with Gasteiger partial charge in [0.1, 0.15) is 12.4 Å². The highest BCUT2D eigenvalue weighted by Gasteiger charge is 2.31. The zero-order valence-electron chi connectivity index (χ0n) is 13.0. The van der Waals surface area contributed by atoms with Gasteiger partial charge in [0.15, 0.2) is 0 Å². The van der Waals surface area contributed by atoms with E-state index in [1.807, 2.05) is 30.3 Å². The predicted molar refractivity (Wildman–Crippen MR) is 91.6 cm³/mol. The number of hydrogen-bond donors (Lipinski definition) is 2. The van der Waals surface area contributed by atoms with Crippen LogP contribution in [0.4, 0.5) is 14.9 Å². The number of benzene rings is 2. The van der Waals surface area contributed by atoms with Crippen molar-refractivity contribution in [1.82, 2.24) is 5.32 Å². The van der Waals surface area contributed by atoms with Crippen molar-refractivity contribution in [1.29, 1.82) is 0 Å². The van der Waals surface area contributed by atoms with Gasteiger partial charge in [-0.2, -0.15) is 0 Å². The summed E-state index contributed by atoms with van der Waals surface area (Å²) in [6, 6.07) is 14.0. The van der Waals surface area contributed by atoms with Gasteiger partial charge in [-0.1, -0.05) is 41.9 Å². The van der Waals surface area contributed by atoms with E-state index < -0.39 is 6.09 Å². The van der Waals surface area contributed by atoms with Gasteiger partial charge in [-0.15, -0.1) is 0 Å². The lowest BCUT2D eigenvalue weighted by molar-refractivity contribution is 0.129. The van der Waals surface area contributed by atoms with Gasteiger partial charge >= 0.3 is 6.09 Å². The van der Waals surface area contributed by atoms with Crippen molar-refractivity contribution in [2.45, 2.75) is 31.5 Å². The monoisotopic (exact) mass is 348 g/mol. The van der Waals surface area contributed by atoms with Gasteiger partial charge in [0, 0.05) is 17.1 Å². The first-order chi connectivity index (χ1) is 11.6. The van der Waals surface area contributed by atoms with E-state index in [0.29, 0.717) is 23.6 Å². The van der Waals surface area contributed by atoms with Gasteiger partial charge in [0.05, 0.1) is 5.69 Å². The van der Waals surface area contributed by atoms with E-state index in [-0.39, 0.29) is 24.5 Å². The number of hydrogen-bond acceptors (Lipinski definition) is 3. The molecule has 1 amide bonds. The van der Waals surface area contributed by atoms with Crippen LogP contribution in [0.1, 0.15) is 18.4 Å². The van der Waals surface area contributed by atoms with Crippen molar-refractivity contribution < 1.29 is 13.9 Å². The van der Waals surface area contributed by atoms with Gasteiger partial charge in [-0.05, 0) is 36.6 Å². The molecule has 1 aliphatic carbocycles. The number of anilines is 1. The molecule has 0 spiro atoms. The first-order valence-electron chi connectivity index (χ1n) is 7.79. The number of rotatable bonds is 5. The minimum absolute atomic E-state index is 0.0352. The lowest BCUT2D eigenvalue weighted by atomic mass is 9.86. The van der Waals surface area contributed by atoms with Crippen LogP contribution in [0.25, 0.3) is 0 Å². The molecule has 3 rings (SSSR count). The summed E-state index contributed by atoms with van der Waals surface area (Å²) in [6.07, 6.45) is 0.995. The maximum atomic E-state index is 13.6. The van der Waals surface area contributed by atoms with Crippen LogP contribution in [0, 0.1) is 5.82 Å². The molecule has 0 bridgehead atoms. The number of carbonyl (C=O) groups is 1. The highest BCUT2D eigenvalue weighted by atomic mass is 35.5. The number of ether oxygens (including phenoxy) is 1. The molecular formula is C18H18ClFN2O2. The second kappa shape index (κ2) is 7.53. The average molecular weight is 349 g/mol. The molecule has 0 aromatic heterocycles. The number of carbonyl (C=O) groups excluding carboxylic acids is 1. The van der Waals surface area contributed by atoms with Gasteiger partial charge < -0.3 is 15.4 Å². The molecule has 0 unspecified atom stereocenters. The van der Waals surface area contributed by atoms with Gasteiger partial charge in [-0.3, -0.25) is 0 Å². The molecule has 24 heavy (non-hydrogen) atoms.